The number of anilines is 1. The first-order valence-electron chi connectivity index (χ1n) is 5.38. The number of nitrogens with two attached hydrogens (primary N) is 1. The Kier molecular flexibility index (Phi) is 2.77. The van der Waals surface area contributed by atoms with E-state index in [4.69, 9.17) is 10.5 Å². The van der Waals surface area contributed by atoms with E-state index in [0.29, 0.717) is 17.3 Å². The zero-order valence-corrected chi connectivity index (χ0v) is 10.2. The van der Waals surface area contributed by atoms with Gasteiger partial charge in [0.1, 0.15) is 28.6 Å². The van der Waals surface area contributed by atoms with Gasteiger partial charge >= 0.3 is 0 Å². The predicted octanol–water partition coefficient (Wildman–Crippen LogP) is 2.25. The van der Waals surface area contributed by atoms with Crippen LogP contribution in [-0.4, -0.2) is 14.6 Å². The number of pyridine rings is 1. The molecule has 0 atom stereocenters. The summed E-state index contributed by atoms with van der Waals surface area (Å²) in [5.41, 5.74) is 7.21. The third-order valence-electron chi connectivity index (χ3n) is 2.55. The number of nitrogens with zero attached hydrogens (tertiary/aromatic N) is 3. The second-order valence-electron chi connectivity index (χ2n) is 3.70. The Balaban J connectivity index is 1.89. The summed E-state index contributed by atoms with van der Waals surface area (Å²) in [6.07, 6.45) is 1.74. The van der Waals surface area contributed by atoms with E-state index in [0.717, 1.165) is 28.2 Å². The van der Waals surface area contributed by atoms with Gasteiger partial charge in [0.2, 0.25) is 0 Å². The van der Waals surface area contributed by atoms with E-state index >= 15 is 0 Å². The molecule has 2 N–H and O–H groups in total. The van der Waals surface area contributed by atoms with Gasteiger partial charge in [-0.2, -0.15) is 0 Å². The topological polar surface area (TPSA) is 73.9 Å². The average Bonchev–Trinajstić information content (AvgIpc) is 2.82. The summed E-state index contributed by atoms with van der Waals surface area (Å²) in [5, 5.41) is 5.54. The van der Waals surface area contributed by atoms with Crippen LogP contribution in [0.25, 0.3) is 10.9 Å². The molecule has 2 heterocycles. The average molecular weight is 258 g/mol. The van der Waals surface area contributed by atoms with Gasteiger partial charge in [-0.25, -0.2) is 0 Å². The van der Waals surface area contributed by atoms with Gasteiger partial charge in [0, 0.05) is 23.1 Å². The minimum Gasteiger partial charge on any atom is -0.485 e. The number of nitrogen functional groups attached to an aromatic ring is 1. The van der Waals surface area contributed by atoms with Crippen molar-refractivity contribution >= 4 is 27.4 Å². The highest BCUT2D eigenvalue weighted by atomic mass is 32.1. The van der Waals surface area contributed by atoms with Gasteiger partial charge < -0.3 is 10.5 Å². The quantitative estimate of drug-likeness (QED) is 0.780. The minimum atomic E-state index is 0.304. The van der Waals surface area contributed by atoms with Gasteiger partial charge in [-0.15, -0.1) is 5.10 Å². The van der Waals surface area contributed by atoms with Crippen LogP contribution >= 0.6 is 11.5 Å². The largest absolute Gasteiger partial charge is 0.485 e. The first-order valence-corrected chi connectivity index (χ1v) is 6.15. The Morgan fingerprint density at radius 3 is 2.94 bits per heavy atom. The van der Waals surface area contributed by atoms with Crippen LogP contribution in [0.1, 0.15) is 5.69 Å². The maximum atomic E-state index is 5.72. The van der Waals surface area contributed by atoms with E-state index in [-0.39, 0.29) is 0 Å². The summed E-state index contributed by atoms with van der Waals surface area (Å²) in [6.45, 7) is 0.304. The van der Waals surface area contributed by atoms with Gasteiger partial charge in [0.05, 0.1) is 0 Å². The Morgan fingerprint density at radius 2 is 2.11 bits per heavy atom. The molecule has 18 heavy (non-hydrogen) atoms. The van der Waals surface area contributed by atoms with E-state index < -0.39 is 0 Å². The summed E-state index contributed by atoms with van der Waals surface area (Å²) >= 11 is 1.16. The van der Waals surface area contributed by atoms with Crippen LogP contribution in [-0.2, 0) is 6.61 Å². The van der Waals surface area contributed by atoms with Gasteiger partial charge in [-0.3, -0.25) is 4.98 Å². The van der Waals surface area contributed by atoms with E-state index in [1.165, 1.54) is 0 Å². The third-order valence-corrected chi connectivity index (χ3v) is 3.14. The SMILES string of the molecule is Nc1snnc1COc1cccc2cccnc12. The summed E-state index contributed by atoms with van der Waals surface area (Å²) in [7, 11) is 0. The number of para-hydroxylation sites is 1. The minimum absolute atomic E-state index is 0.304. The van der Waals surface area contributed by atoms with Crippen molar-refractivity contribution < 1.29 is 4.74 Å². The summed E-state index contributed by atoms with van der Waals surface area (Å²) in [6, 6.07) is 9.70. The number of fused-ring (bicyclic) bond motifs is 1. The van der Waals surface area contributed by atoms with Crippen LogP contribution in [0.3, 0.4) is 0 Å². The summed E-state index contributed by atoms with van der Waals surface area (Å²) in [4.78, 5) is 4.31. The second-order valence-corrected chi connectivity index (χ2v) is 4.49. The molecule has 0 aliphatic heterocycles. The highest BCUT2D eigenvalue weighted by Gasteiger charge is 2.07. The molecule has 2 aromatic heterocycles. The monoisotopic (exact) mass is 258 g/mol. The van der Waals surface area contributed by atoms with Gasteiger partial charge in [-0.05, 0) is 12.1 Å². The molecule has 3 rings (SSSR count). The molecule has 0 fully saturated rings. The van der Waals surface area contributed by atoms with E-state index in [1.807, 2.05) is 30.3 Å². The molecule has 0 bridgehead atoms. The number of rotatable bonds is 3. The molecule has 3 aromatic rings. The summed E-state index contributed by atoms with van der Waals surface area (Å²) < 4.78 is 9.47. The third kappa shape index (κ3) is 1.98. The van der Waals surface area contributed by atoms with Crippen molar-refractivity contribution in [1.82, 2.24) is 14.6 Å². The standard InChI is InChI=1S/C12H10N4OS/c13-12-9(15-16-18-12)7-17-10-5-1-3-8-4-2-6-14-11(8)10/h1-6H,7,13H2. The van der Waals surface area contributed by atoms with Gasteiger partial charge in [0.15, 0.2) is 0 Å². The smallest absolute Gasteiger partial charge is 0.146 e. The van der Waals surface area contributed by atoms with Crippen LogP contribution < -0.4 is 10.5 Å². The molecule has 1 aromatic carbocycles. The Hall–Kier alpha value is -2.21. The maximum Gasteiger partial charge on any atom is 0.146 e. The number of aromatic nitrogens is 3. The molecular formula is C12H10N4OS. The van der Waals surface area contributed by atoms with Crippen LogP contribution in [0, 0.1) is 0 Å². The second kappa shape index (κ2) is 4.58. The molecule has 0 aliphatic rings. The van der Waals surface area contributed by atoms with E-state index in [9.17, 15) is 0 Å². The highest BCUT2D eigenvalue weighted by molar-refractivity contribution is 7.09. The summed E-state index contributed by atoms with van der Waals surface area (Å²) in [5.74, 6) is 0.723. The van der Waals surface area contributed by atoms with Crippen molar-refractivity contribution in [3.8, 4) is 5.75 Å². The fraction of sp³-hybridized carbons (Fsp3) is 0.0833. The maximum absolute atomic E-state index is 5.72. The van der Waals surface area contributed by atoms with Gasteiger partial charge in [0.25, 0.3) is 0 Å². The lowest BCUT2D eigenvalue weighted by Gasteiger charge is -2.07. The molecule has 0 amide bonds. The van der Waals surface area contributed by atoms with Crippen LogP contribution in [0.15, 0.2) is 36.5 Å². The first kappa shape index (κ1) is 10.9. The first-order chi connectivity index (χ1) is 8.84. The van der Waals surface area contributed by atoms with Crippen molar-refractivity contribution in [1.29, 1.82) is 0 Å². The molecule has 90 valence electrons. The zero-order chi connectivity index (χ0) is 12.4. The molecule has 0 unspecified atom stereocenters. The van der Waals surface area contributed by atoms with E-state index in [1.54, 1.807) is 6.20 Å². The molecule has 0 saturated heterocycles. The molecule has 6 heteroatoms. The zero-order valence-electron chi connectivity index (χ0n) is 9.41. The van der Waals surface area contributed by atoms with Crippen molar-refractivity contribution in [2.75, 3.05) is 5.73 Å². The van der Waals surface area contributed by atoms with Crippen LogP contribution in [0.5, 0.6) is 5.75 Å². The molecule has 0 saturated carbocycles. The van der Waals surface area contributed by atoms with Crippen molar-refractivity contribution in [3.63, 3.8) is 0 Å². The lowest BCUT2D eigenvalue weighted by molar-refractivity contribution is 0.305. The number of ether oxygens (including phenoxy) is 1. The predicted molar refractivity (Wildman–Crippen MR) is 70.4 cm³/mol. The normalized spacial score (nSPS) is 10.7. The Bertz CT molecular complexity index is 677. The fourth-order valence-corrected chi connectivity index (χ4v) is 2.09. The molecule has 0 aliphatic carbocycles. The fourth-order valence-electron chi connectivity index (χ4n) is 1.65. The number of hydrogen-bond acceptors (Lipinski definition) is 6. The lowest BCUT2D eigenvalue weighted by atomic mass is 10.2. The molecule has 0 radical (unpaired) electrons. The van der Waals surface area contributed by atoms with E-state index in [2.05, 4.69) is 14.6 Å². The van der Waals surface area contributed by atoms with Crippen molar-refractivity contribution in [2.24, 2.45) is 0 Å². The van der Waals surface area contributed by atoms with Crippen LogP contribution in [0.2, 0.25) is 0 Å². The Morgan fingerprint density at radius 1 is 1.22 bits per heavy atom. The van der Waals surface area contributed by atoms with Gasteiger partial charge in [-0.1, -0.05) is 22.7 Å². The van der Waals surface area contributed by atoms with Crippen molar-refractivity contribution in [2.45, 2.75) is 6.61 Å². The highest BCUT2D eigenvalue weighted by Crippen LogP contribution is 2.24. The van der Waals surface area contributed by atoms with Crippen LogP contribution in [0.4, 0.5) is 5.00 Å². The molecular weight excluding hydrogens is 248 g/mol. The number of hydrogen-bond donors (Lipinski definition) is 1. The molecule has 0 spiro atoms. The lowest BCUT2D eigenvalue weighted by Crippen LogP contribution is -1.99. The molecule has 5 nitrogen and oxygen atoms in total. The Labute approximate surface area is 107 Å². The number of benzene rings is 1. The van der Waals surface area contributed by atoms with Crippen molar-refractivity contribution in [3.05, 3.63) is 42.2 Å².